The number of nitrogens with zero attached hydrogens (tertiary/aromatic N) is 1. The van der Waals surface area contributed by atoms with E-state index in [0.717, 1.165) is 29.3 Å². The average Bonchev–Trinajstić information content (AvgIpc) is 2.68. The Morgan fingerprint density at radius 2 is 1.81 bits per heavy atom. The van der Waals surface area contributed by atoms with Gasteiger partial charge in [-0.15, -0.1) is 12.4 Å². The second kappa shape index (κ2) is 9.75. The van der Waals surface area contributed by atoms with Gasteiger partial charge < -0.3 is 14.6 Å². The first-order valence-corrected chi connectivity index (χ1v) is 9.64. The molecule has 2 aromatic carbocycles. The van der Waals surface area contributed by atoms with Crippen molar-refractivity contribution < 1.29 is 22.4 Å². The van der Waals surface area contributed by atoms with Crippen LogP contribution in [0.25, 0.3) is 11.0 Å². The zero-order valence-corrected chi connectivity index (χ0v) is 18.9. The highest BCUT2D eigenvalue weighted by Gasteiger charge is 2.31. The summed E-state index contributed by atoms with van der Waals surface area (Å²) in [6, 6.07) is 9.15. The van der Waals surface area contributed by atoms with E-state index in [2.05, 4.69) is 5.32 Å². The highest BCUT2D eigenvalue weighted by Crippen LogP contribution is 2.31. The summed E-state index contributed by atoms with van der Waals surface area (Å²) in [7, 11) is 3.41. The van der Waals surface area contributed by atoms with Gasteiger partial charge in [0.2, 0.25) is 0 Å². The number of hydrogen-bond donors (Lipinski definition) is 1. The molecule has 1 atom stereocenters. The molecule has 0 radical (unpaired) electrons. The fraction of sp³-hybridized carbons (Fsp3) is 0.304. The minimum absolute atomic E-state index is 0. The lowest BCUT2D eigenvalue weighted by molar-refractivity contribution is -0.137. The molecule has 0 fully saturated rings. The van der Waals surface area contributed by atoms with Crippen LogP contribution in [0.2, 0.25) is 0 Å². The van der Waals surface area contributed by atoms with E-state index < -0.39 is 23.7 Å². The number of alkyl halides is 3. The Morgan fingerprint density at radius 3 is 2.44 bits per heavy atom. The minimum atomic E-state index is -4.46. The van der Waals surface area contributed by atoms with E-state index in [4.69, 9.17) is 4.42 Å². The highest BCUT2D eigenvalue weighted by molar-refractivity contribution is 5.93. The summed E-state index contributed by atoms with van der Waals surface area (Å²) in [5.41, 5.74) is 1.30. The minimum Gasteiger partial charge on any atom is -0.450 e. The molecule has 3 rings (SSSR count). The van der Waals surface area contributed by atoms with Crippen LogP contribution in [0.15, 0.2) is 51.7 Å². The van der Waals surface area contributed by atoms with Gasteiger partial charge in [-0.1, -0.05) is 18.2 Å². The van der Waals surface area contributed by atoms with Gasteiger partial charge in [0.15, 0.2) is 11.2 Å². The molecule has 9 heteroatoms. The molecular formula is C23H24ClF3N2O3. The Hall–Kier alpha value is -2.84. The van der Waals surface area contributed by atoms with E-state index in [1.54, 1.807) is 38.1 Å². The third kappa shape index (κ3) is 5.49. The second-order valence-corrected chi connectivity index (χ2v) is 7.75. The van der Waals surface area contributed by atoms with Gasteiger partial charge in [0.25, 0.3) is 5.91 Å². The van der Waals surface area contributed by atoms with Gasteiger partial charge in [-0.2, -0.15) is 13.2 Å². The first kappa shape index (κ1) is 25.4. The Morgan fingerprint density at radius 1 is 1.12 bits per heavy atom. The molecule has 1 aromatic heterocycles. The third-order valence-corrected chi connectivity index (χ3v) is 5.06. The standard InChI is InChI=1S/C23H23F3N2O3.ClH/c1-13-8-14(2)21-17(9-13)19(29)11-20(31-21)22(30)27-12-18(28(3)4)15-6-5-7-16(10-15)23(24,25)26;/h5-11,18H,12H2,1-4H3,(H,27,30);1H. The number of benzene rings is 2. The summed E-state index contributed by atoms with van der Waals surface area (Å²) in [4.78, 5) is 26.8. The molecule has 0 saturated heterocycles. The fourth-order valence-electron chi connectivity index (χ4n) is 3.52. The summed E-state index contributed by atoms with van der Waals surface area (Å²) >= 11 is 0. The Labute approximate surface area is 189 Å². The molecule has 0 saturated carbocycles. The molecule has 172 valence electrons. The number of amides is 1. The maximum absolute atomic E-state index is 13.1. The molecule has 3 aromatic rings. The molecule has 32 heavy (non-hydrogen) atoms. The Balaban J connectivity index is 0.00000363. The number of nitrogens with one attached hydrogen (secondary N) is 1. The number of carbonyl (C=O) groups excluding carboxylic acids is 1. The predicted octanol–water partition coefficient (Wildman–Crippen LogP) is 4.88. The summed E-state index contributed by atoms with van der Waals surface area (Å²) in [6.07, 6.45) is -4.46. The van der Waals surface area contributed by atoms with Crippen molar-refractivity contribution in [2.75, 3.05) is 20.6 Å². The zero-order valence-electron chi connectivity index (χ0n) is 18.0. The van der Waals surface area contributed by atoms with Crippen LogP contribution in [0.4, 0.5) is 13.2 Å². The SMILES string of the molecule is Cc1cc(C)c2oc(C(=O)NCC(c3cccc(C(F)(F)F)c3)N(C)C)cc(=O)c2c1.Cl. The van der Waals surface area contributed by atoms with Crippen molar-refractivity contribution in [3.05, 3.63) is 80.7 Å². The molecule has 0 spiro atoms. The molecule has 0 aliphatic rings. The highest BCUT2D eigenvalue weighted by atomic mass is 35.5. The molecule has 5 nitrogen and oxygen atoms in total. The average molecular weight is 469 g/mol. The number of hydrogen-bond acceptors (Lipinski definition) is 4. The zero-order chi connectivity index (χ0) is 22.9. The number of carbonyl (C=O) groups is 1. The van der Waals surface area contributed by atoms with E-state index >= 15 is 0 Å². The lowest BCUT2D eigenvalue weighted by atomic mass is 10.0. The third-order valence-electron chi connectivity index (χ3n) is 5.06. The predicted molar refractivity (Wildman–Crippen MR) is 119 cm³/mol. The van der Waals surface area contributed by atoms with Crippen molar-refractivity contribution in [2.24, 2.45) is 0 Å². The maximum Gasteiger partial charge on any atom is 0.416 e. The Bertz CT molecular complexity index is 1190. The van der Waals surface area contributed by atoms with Gasteiger partial charge in [0, 0.05) is 12.6 Å². The van der Waals surface area contributed by atoms with Crippen LogP contribution in [0.3, 0.4) is 0 Å². The lowest BCUT2D eigenvalue weighted by Crippen LogP contribution is -2.35. The fourth-order valence-corrected chi connectivity index (χ4v) is 3.52. The molecule has 0 aliphatic heterocycles. The van der Waals surface area contributed by atoms with E-state index in [-0.39, 0.29) is 30.1 Å². The van der Waals surface area contributed by atoms with Gasteiger partial charge in [0.1, 0.15) is 5.58 Å². The summed E-state index contributed by atoms with van der Waals surface area (Å²) in [5, 5.41) is 3.06. The summed E-state index contributed by atoms with van der Waals surface area (Å²) in [5.74, 6) is -0.760. The topological polar surface area (TPSA) is 62.6 Å². The van der Waals surface area contributed by atoms with Gasteiger partial charge in [-0.3, -0.25) is 9.59 Å². The van der Waals surface area contributed by atoms with E-state index in [0.29, 0.717) is 16.5 Å². The van der Waals surface area contributed by atoms with Crippen molar-refractivity contribution in [2.45, 2.75) is 26.1 Å². The van der Waals surface area contributed by atoms with Crippen LogP contribution in [-0.2, 0) is 6.18 Å². The van der Waals surface area contributed by atoms with E-state index in [9.17, 15) is 22.8 Å². The Kier molecular flexibility index (Phi) is 7.74. The number of likely N-dealkylation sites (N-methyl/N-ethyl adjacent to an activating group) is 1. The first-order valence-electron chi connectivity index (χ1n) is 9.64. The van der Waals surface area contributed by atoms with Crippen LogP contribution in [-0.4, -0.2) is 31.4 Å². The quantitative estimate of drug-likeness (QED) is 0.579. The first-order chi connectivity index (χ1) is 14.5. The van der Waals surface area contributed by atoms with Crippen LogP contribution < -0.4 is 10.7 Å². The molecule has 1 heterocycles. The number of fused-ring (bicyclic) bond motifs is 1. The van der Waals surface area contributed by atoms with Gasteiger partial charge in [-0.05, 0) is 62.8 Å². The molecule has 0 bridgehead atoms. The second-order valence-electron chi connectivity index (χ2n) is 7.75. The molecular weight excluding hydrogens is 445 g/mol. The maximum atomic E-state index is 13.1. The van der Waals surface area contributed by atoms with Crippen molar-refractivity contribution in [1.82, 2.24) is 10.2 Å². The van der Waals surface area contributed by atoms with E-state index in [1.807, 2.05) is 13.0 Å². The lowest BCUT2D eigenvalue weighted by Gasteiger charge is -2.25. The summed E-state index contributed by atoms with van der Waals surface area (Å²) < 4.78 is 44.9. The van der Waals surface area contributed by atoms with Gasteiger partial charge >= 0.3 is 6.18 Å². The molecule has 1 unspecified atom stereocenters. The number of aryl methyl sites for hydroxylation is 2. The number of rotatable bonds is 5. The van der Waals surface area contributed by atoms with Crippen molar-refractivity contribution in [3.63, 3.8) is 0 Å². The van der Waals surface area contributed by atoms with Crippen LogP contribution in [0.5, 0.6) is 0 Å². The van der Waals surface area contributed by atoms with Crippen LogP contribution in [0, 0.1) is 13.8 Å². The van der Waals surface area contributed by atoms with Gasteiger partial charge in [0.05, 0.1) is 17.0 Å². The van der Waals surface area contributed by atoms with Crippen molar-refractivity contribution in [1.29, 1.82) is 0 Å². The van der Waals surface area contributed by atoms with Crippen molar-refractivity contribution >= 4 is 29.3 Å². The largest absolute Gasteiger partial charge is 0.450 e. The molecule has 0 aliphatic carbocycles. The monoisotopic (exact) mass is 468 g/mol. The molecule has 1 amide bonds. The van der Waals surface area contributed by atoms with E-state index in [1.165, 1.54) is 6.07 Å². The number of halogens is 4. The van der Waals surface area contributed by atoms with Crippen molar-refractivity contribution in [3.8, 4) is 0 Å². The summed E-state index contributed by atoms with van der Waals surface area (Å²) in [6.45, 7) is 3.68. The van der Waals surface area contributed by atoms with Crippen LogP contribution >= 0.6 is 12.4 Å². The molecule has 1 N–H and O–H groups in total. The van der Waals surface area contributed by atoms with Gasteiger partial charge in [-0.25, -0.2) is 0 Å². The normalized spacial score (nSPS) is 12.5. The van der Waals surface area contributed by atoms with Crippen LogP contribution in [0.1, 0.15) is 38.9 Å². The smallest absolute Gasteiger partial charge is 0.416 e.